The van der Waals surface area contributed by atoms with Crippen molar-refractivity contribution in [3.05, 3.63) is 11.6 Å². The fraction of sp³-hybridized carbons (Fsp3) is 0.714. The minimum Gasteiger partial charge on any atom is -0.458 e. The summed E-state index contributed by atoms with van der Waals surface area (Å²) < 4.78 is 16.0. The number of carbonyl (C=O) groups excluding carboxylic acids is 4. The van der Waals surface area contributed by atoms with Crippen molar-refractivity contribution in [2.24, 2.45) is 5.92 Å². The predicted octanol–water partition coefficient (Wildman–Crippen LogP) is -0.254. The summed E-state index contributed by atoms with van der Waals surface area (Å²) in [6, 6.07) is 0. The van der Waals surface area contributed by atoms with Crippen LogP contribution in [0.1, 0.15) is 40.5 Å². The van der Waals surface area contributed by atoms with Crippen LogP contribution in [0.3, 0.4) is 0 Å². The van der Waals surface area contributed by atoms with E-state index in [1.807, 2.05) is 11.9 Å². The molecule has 0 radical (unpaired) electrons. The Balaban J connectivity index is 2.56. The summed E-state index contributed by atoms with van der Waals surface area (Å²) in [5.74, 6) is -4.39. The topological polar surface area (TPSA) is 140 Å². The fourth-order valence-corrected chi connectivity index (χ4v) is 3.62. The van der Waals surface area contributed by atoms with Crippen LogP contribution in [-0.2, 0) is 33.4 Å². The van der Waals surface area contributed by atoms with Gasteiger partial charge in [0.15, 0.2) is 11.7 Å². The van der Waals surface area contributed by atoms with E-state index in [9.17, 15) is 29.4 Å². The Kier molecular flexibility index (Phi) is 7.61. The van der Waals surface area contributed by atoms with Gasteiger partial charge in [-0.05, 0) is 27.3 Å². The second-order valence-electron chi connectivity index (χ2n) is 8.52. The molecule has 0 aliphatic carbocycles. The third-order valence-corrected chi connectivity index (χ3v) is 6.00. The molecule has 2 aliphatic heterocycles. The van der Waals surface area contributed by atoms with Gasteiger partial charge in [0, 0.05) is 37.9 Å². The third-order valence-electron chi connectivity index (χ3n) is 6.00. The van der Waals surface area contributed by atoms with E-state index in [1.54, 1.807) is 6.08 Å². The SMILES string of the molecule is CC(=O)O[C@@]1(C)C(=O)OCC2=CCN(C)CC[C@@H](OC(=O)C(O)(C(C)O)C[C@H]1C)C2=O. The summed E-state index contributed by atoms with van der Waals surface area (Å²) in [4.78, 5) is 52.4. The molecule has 0 aromatic carbocycles. The van der Waals surface area contributed by atoms with E-state index in [2.05, 4.69) is 0 Å². The van der Waals surface area contributed by atoms with E-state index in [-0.39, 0.29) is 18.6 Å². The molecule has 10 heteroatoms. The molecule has 174 valence electrons. The van der Waals surface area contributed by atoms with Gasteiger partial charge in [0.05, 0.1) is 6.10 Å². The first kappa shape index (κ1) is 25.0. The molecule has 0 aromatic heterocycles. The van der Waals surface area contributed by atoms with E-state index in [0.717, 1.165) is 6.92 Å². The Labute approximate surface area is 181 Å². The first-order valence-electron chi connectivity index (χ1n) is 10.2. The van der Waals surface area contributed by atoms with Crippen LogP contribution in [0.5, 0.6) is 0 Å². The minimum absolute atomic E-state index is 0.122. The van der Waals surface area contributed by atoms with Gasteiger partial charge in [0.2, 0.25) is 11.4 Å². The van der Waals surface area contributed by atoms with Gasteiger partial charge in [-0.25, -0.2) is 9.59 Å². The lowest BCUT2D eigenvalue weighted by atomic mass is 9.78. The van der Waals surface area contributed by atoms with E-state index < -0.39 is 59.4 Å². The zero-order chi connectivity index (χ0) is 23.6. The molecular weight excluding hydrogens is 410 g/mol. The van der Waals surface area contributed by atoms with Gasteiger partial charge in [-0.1, -0.05) is 13.0 Å². The highest BCUT2D eigenvalue weighted by Crippen LogP contribution is 2.34. The number of aliphatic hydroxyl groups is 2. The highest BCUT2D eigenvalue weighted by atomic mass is 16.6. The largest absolute Gasteiger partial charge is 0.458 e. The van der Waals surface area contributed by atoms with Gasteiger partial charge in [0.1, 0.15) is 6.61 Å². The summed E-state index contributed by atoms with van der Waals surface area (Å²) in [5, 5.41) is 21.2. The van der Waals surface area contributed by atoms with E-state index in [4.69, 9.17) is 14.2 Å². The Bertz CT molecular complexity index is 777. The average molecular weight is 441 g/mol. The van der Waals surface area contributed by atoms with Gasteiger partial charge >= 0.3 is 17.9 Å². The summed E-state index contributed by atoms with van der Waals surface area (Å²) in [5.41, 5.74) is -4.20. The number of hydrogen-bond acceptors (Lipinski definition) is 10. The number of likely N-dealkylation sites (N-methyl/N-ethyl adjacent to an activating group) is 1. The molecule has 5 atom stereocenters. The second kappa shape index (κ2) is 9.46. The number of ketones is 1. The number of carbonyl (C=O) groups is 4. The normalized spacial score (nSPS) is 34.7. The minimum atomic E-state index is -2.45. The van der Waals surface area contributed by atoms with Crippen LogP contribution in [0.2, 0.25) is 0 Å². The van der Waals surface area contributed by atoms with Gasteiger partial charge < -0.3 is 29.3 Å². The fourth-order valence-electron chi connectivity index (χ4n) is 3.62. The van der Waals surface area contributed by atoms with Crippen LogP contribution in [0.4, 0.5) is 0 Å². The van der Waals surface area contributed by atoms with E-state index >= 15 is 0 Å². The second-order valence-corrected chi connectivity index (χ2v) is 8.52. The molecule has 0 amide bonds. The molecule has 0 saturated carbocycles. The number of ether oxygens (including phenoxy) is 3. The Morgan fingerprint density at radius 1 is 1.32 bits per heavy atom. The number of aliphatic hydroxyl groups excluding tert-OH is 1. The number of hydrogen-bond donors (Lipinski definition) is 2. The maximum Gasteiger partial charge on any atom is 0.350 e. The van der Waals surface area contributed by atoms with E-state index in [1.165, 1.54) is 20.8 Å². The lowest BCUT2D eigenvalue weighted by molar-refractivity contribution is -0.199. The first-order chi connectivity index (χ1) is 14.3. The zero-order valence-corrected chi connectivity index (χ0v) is 18.5. The molecule has 2 aliphatic rings. The molecular formula is C21H31NO9. The van der Waals surface area contributed by atoms with Crippen LogP contribution in [0.15, 0.2) is 11.6 Å². The van der Waals surface area contributed by atoms with Gasteiger partial charge in [-0.2, -0.15) is 0 Å². The lowest BCUT2D eigenvalue weighted by Gasteiger charge is -2.39. The maximum absolute atomic E-state index is 13.0. The standard InChI is InChI=1S/C21H31NO9/c1-12-10-21(28,13(2)23)19(27)30-16-7-9-22(5)8-6-15(17(16)25)11-29-18(26)20(12,4)31-14(3)24/h6,12-13,16,23,28H,7-11H2,1-5H3/t12-,13?,16-,20-,21?/m1/s1. The van der Waals surface area contributed by atoms with Gasteiger partial charge in [0.25, 0.3) is 0 Å². The molecule has 10 nitrogen and oxygen atoms in total. The van der Waals surface area contributed by atoms with E-state index in [0.29, 0.717) is 13.1 Å². The van der Waals surface area contributed by atoms with Gasteiger partial charge in [-0.3, -0.25) is 9.59 Å². The van der Waals surface area contributed by atoms with Crippen molar-refractivity contribution in [3.8, 4) is 0 Å². The highest BCUT2D eigenvalue weighted by Gasteiger charge is 2.53. The molecule has 2 bridgehead atoms. The zero-order valence-electron chi connectivity index (χ0n) is 18.5. The molecule has 2 rings (SSSR count). The number of nitrogens with zero attached hydrogens (tertiary/aromatic N) is 1. The van der Waals surface area contributed by atoms with Crippen molar-refractivity contribution in [1.29, 1.82) is 0 Å². The highest BCUT2D eigenvalue weighted by molar-refractivity contribution is 6.01. The van der Waals surface area contributed by atoms with Crippen molar-refractivity contribution in [1.82, 2.24) is 4.90 Å². The summed E-state index contributed by atoms with van der Waals surface area (Å²) in [6.07, 6.45) is -1.53. The molecule has 1 saturated heterocycles. The van der Waals surface area contributed by atoms with Crippen LogP contribution in [0.25, 0.3) is 0 Å². The Morgan fingerprint density at radius 3 is 2.55 bits per heavy atom. The average Bonchev–Trinajstić information content (AvgIpc) is 2.67. The lowest BCUT2D eigenvalue weighted by Crippen LogP contribution is -2.57. The number of cyclic esters (lactones) is 1. The number of Topliss-reactive ketones (excluding diaryl/α,β-unsaturated/α-hetero) is 1. The molecule has 31 heavy (non-hydrogen) atoms. The van der Waals surface area contributed by atoms with Crippen LogP contribution >= 0.6 is 0 Å². The van der Waals surface area contributed by atoms with Gasteiger partial charge in [-0.15, -0.1) is 0 Å². The predicted molar refractivity (Wildman–Crippen MR) is 107 cm³/mol. The van der Waals surface area contributed by atoms with Crippen LogP contribution in [0, 0.1) is 5.92 Å². The molecule has 2 N–H and O–H groups in total. The number of rotatable bonds is 2. The Hall–Kier alpha value is -2.30. The number of esters is 3. The summed E-state index contributed by atoms with van der Waals surface area (Å²) in [7, 11) is 1.81. The summed E-state index contributed by atoms with van der Waals surface area (Å²) >= 11 is 0. The maximum atomic E-state index is 13.0. The molecule has 2 heterocycles. The quantitative estimate of drug-likeness (QED) is 0.435. The molecule has 0 spiro atoms. The first-order valence-corrected chi connectivity index (χ1v) is 10.2. The van der Waals surface area contributed by atoms with Crippen molar-refractivity contribution in [2.45, 2.75) is 63.9 Å². The smallest absolute Gasteiger partial charge is 0.350 e. The van der Waals surface area contributed by atoms with Crippen molar-refractivity contribution in [3.63, 3.8) is 0 Å². The third kappa shape index (κ3) is 5.31. The van der Waals surface area contributed by atoms with Crippen LogP contribution < -0.4 is 0 Å². The van der Waals surface area contributed by atoms with Crippen molar-refractivity contribution < 1.29 is 43.6 Å². The van der Waals surface area contributed by atoms with Crippen LogP contribution in [-0.4, -0.2) is 89.0 Å². The molecule has 2 unspecified atom stereocenters. The molecule has 1 fully saturated rings. The number of fused-ring (bicyclic) bond motifs is 2. The molecule has 0 aromatic rings. The van der Waals surface area contributed by atoms with Crippen molar-refractivity contribution >= 4 is 23.7 Å². The van der Waals surface area contributed by atoms with Crippen molar-refractivity contribution in [2.75, 3.05) is 26.7 Å². The monoisotopic (exact) mass is 441 g/mol. The Morgan fingerprint density at radius 2 is 1.97 bits per heavy atom. The summed E-state index contributed by atoms with van der Waals surface area (Å²) in [6.45, 7) is 5.55.